The molecule has 0 amide bonds. The molecule has 2 heteroatoms. The molecule has 0 aromatic heterocycles. The Labute approximate surface area is 142 Å². The third-order valence-electron chi connectivity index (χ3n) is 3.87. The fourth-order valence-electron chi connectivity index (χ4n) is 2.54. The van der Waals surface area contributed by atoms with Crippen LogP contribution in [0.3, 0.4) is 0 Å². The van der Waals surface area contributed by atoms with Crippen LogP contribution in [0.2, 0.25) is 0 Å². The van der Waals surface area contributed by atoms with Gasteiger partial charge in [-0.15, -0.1) is 0 Å². The van der Waals surface area contributed by atoms with Crippen molar-refractivity contribution in [3.8, 4) is 0 Å². The monoisotopic (exact) mass is 312 g/mol. The molecule has 0 unspecified atom stereocenters. The Morgan fingerprint density at radius 3 is 1.50 bits per heavy atom. The molecule has 2 aliphatic rings. The summed E-state index contributed by atoms with van der Waals surface area (Å²) >= 11 is 0. The van der Waals surface area contributed by atoms with Crippen molar-refractivity contribution in [2.75, 3.05) is 19.6 Å². The summed E-state index contributed by atoms with van der Waals surface area (Å²) in [5.41, 5.74) is 0. The van der Waals surface area contributed by atoms with E-state index >= 15 is 0 Å². The summed E-state index contributed by atoms with van der Waals surface area (Å²) in [5.74, 6) is 0. The van der Waals surface area contributed by atoms with Crippen LogP contribution in [0.25, 0.3) is 0 Å². The molecule has 2 aliphatic heterocycles. The van der Waals surface area contributed by atoms with Crippen molar-refractivity contribution in [2.24, 2.45) is 0 Å². The molecule has 2 nitrogen and oxygen atoms in total. The Hall–Kier alpha value is -0.500. The number of allylic oxidation sites excluding steroid dienone is 1. The van der Waals surface area contributed by atoms with Gasteiger partial charge in [0, 0.05) is 18.6 Å². The summed E-state index contributed by atoms with van der Waals surface area (Å²) < 4.78 is 0. The molecule has 0 radical (unpaired) electrons. The first-order chi connectivity index (χ1) is 10.6. The normalized spacial score (nSPS) is 17.8. The molecule has 1 fully saturated rings. The number of piperidine rings is 1. The molecule has 1 saturated heterocycles. The van der Waals surface area contributed by atoms with E-state index in [9.17, 15) is 0 Å². The molecule has 0 bridgehead atoms. The summed E-state index contributed by atoms with van der Waals surface area (Å²) in [6, 6.07) is 1.45. The number of rotatable bonds is 2. The van der Waals surface area contributed by atoms with Crippen molar-refractivity contribution in [2.45, 2.75) is 99.6 Å². The van der Waals surface area contributed by atoms with E-state index in [0.717, 1.165) is 6.04 Å². The maximum Gasteiger partial charge on any atom is 0.0227 e. The van der Waals surface area contributed by atoms with Crippen molar-refractivity contribution in [3.63, 3.8) is 0 Å². The predicted molar refractivity (Wildman–Crippen MR) is 103 cm³/mol. The summed E-state index contributed by atoms with van der Waals surface area (Å²) in [5, 5.41) is 0. The van der Waals surface area contributed by atoms with Crippen LogP contribution in [-0.4, -0.2) is 41.5 Å². The van der Waals surface area contributed by atoms with Gasteiger partial charge in [0.15, 0.2) is 0 Å². The van der Waals surface area contributed by atoms with Gasteiger partial charge in [-0.05, 0) is 72.7 Å². The number of nitrogens with zero attached hydrogens (tertiary/aromatic N) is 2. The van der Waals surface area contributed by atoms with Gasteiger partial charge in [-0.1, -0.05) is 40.2 Å². The Balaban J connectivity index is 0. The molecule has 134 valence electrons. The van der Waals surface area contributed by atoms with Gasteiger partial charge >= 0.3 is 0 Å². The van der Waals surface area contributed by atoms with E-state index in [0.29, 0.717) is 6.04 Å². The quantitative estimate of drug-likeness (QED) is 0.623. The smallest absolute Gasteiger partial charge is 0.0227 e. The first-order valence-corrected chi connectivity index (χ1v) is 9.77. The highest BCUT2D eigenvalue weighted by Gasteiger charge is 2.11. The van der Waals surface area contributed by atoms with Crippen LogP contribution < -0.4 is 0 Å². The largest absolute Gasteiger partial charge is 0.375 e. The minimum Gasteiger partial charge on any atom is -0.375 e. The summed E-state index contributed by atoms with van der Waals surface area (Å²) in [6.45, 7) is 20.9. The van der Waals surface area contributed by atoms with Crippen molar-refractivity contribution in [3.05, 3.63) is 12.3 Å². The van der Waals surface area contributed by atoms with E-state index in [-0.39, 0.29) is 0 Å². The van der Waals surface area contributed by atoms with Gasteiger partial charge in [-0.2, -0.15) is 0 Å². The third-order valence-corrected chi connectivity index (χ3v) is 3.87. The average Bonchev–Trinajstić information content (AvgIpc) is 2.60. The number of likely N-dealkylation sites (tertiary alicyclic amines) is 1. The standard InChI is InChI=1S/C8H17N.C8H15N.2C2H6/c2*1-8(2)9-6-4-3-5-7-9;2*1-2/h8H,3-7H2,1-2H3;4,6,8H,3,5,7H2,1-2H3;2*1-2H3. The molecule has 22 heavy (non-hydrogen) atoms. The zero-order chi connectivity index (χ0) is 17.4. The van der Waals surface area contributed by atoms with Crippen LogP contribution in [0.4, 0.5) is 0 Å². The van der Waals surface area contributed by atoms with E-state index in [2.05, 4.69) is 49.8 Å². The summed E-state index contributed by atoms with van der Waals surface area (Å²) in [7, 11) is 0. The van der Waals surface area contributed by atoms with Gasteiger partial charge in [0.2, 0.25) is 0 Å². The summed E-state index contributed by atoms with van der Waals surface area (Å²) in [6.07, 6.45) is 11.3. The van der Waals surface area contributed by atoms with Crippen LogP contribution in [0.15, 0.2) is 12.3 Å². The highest BCUT2D eigenvalue weighted by molar-refractivity contribution is 4.88. The van der Waals surface area contributed by atoms with Crippen LogP contribution >= 0.6 is 0 Å². The Morgan fingerprint density at radius 1 is 0.682 bits per heavy atom. The van der Waals surface area contributed by atoms with Crippen LogP contribution in [0, 0.1) is 0 Å². The number of hydrogen-bond donors (Lipinski definition) is 0. The van der Waals surface area contributed by atoms with E-state index in [1.165, 1.54) is 51.7 Å². The van der Waals surface area contributed by atoms with Crippen molar-refractivity contribution in [1.82, 2.24) is 9.80 Å². The molecule has 0 N–H and O–H groups in total. The molecule has 0 aliphatic carbocycles. The lowest BCUT2D eigenvalue weighted by Gasteiger charge is -2.29. The SMILES string of the molecule is CC.CC.CC(C)N1C=CCCC1.CC(C)N1CCCCC1. The van der Waals surface area contributed by atoms with Crippen molar-refractivity contribution < 1.29 is 0 Å². The zero-order valence-electron chi connectivity index (χ0n) is 16.9. The highest BCUT2D eigenvalue weighted by atomic mass is 15.1. The Morgan fingerprint density at radius 2 is 1.23 bits per heavy atom. The molecular formula is C20H44N2. The van der Waals surface area contributed by atoms with Gasteiger partial charge in [0.05, 0.1) is 0 Å². The third kappa shape index (κ3) is 12.1. The number of hydrogen-bond acceptors (Lipinski definition) is 2. The lowest BCUT2D eigenvalue weighted by Crippen LogP contribution is -2.35. The fourth-order valence-corrected chi connectivity index (χ4v) is 2.54. The van der Waals surface area contributed by atoms with Gasteiger partial charge in [-0.25, -0.2) is 0 Å². The zero-order valence-corrected chi connectivity index (χ0v) is 16.9. The van der Waals surface area contributed by atoms with Gasteiger partial charge in [0.25, 0.3) is 0 Å². The van der Waals surface area contributed by atoms with Crippen LogP contribution in [-0.2, 0) is 0 Å². The van der Waals surface area contributed by atoms with E-state index in [1.54, 1.807) is 0 Å². The summed E-state index contributed by atoms with van der Waals surface area (Å²) in [4.78, 5) is 4.94. The van der Waals surface area contributed by atoms with Crippen molar-refractivity contribution >= 4 is 0 Å². The lowest BCUT2D eigenvalue weighted by molar-refractivity contribution is 0.185. The molecular weight excluding hydrogens is 268 g/mol. The molecule has 0 atom stereocenters. The van der Waals surface area contributed by atoms with Gasteiger partial charge in [-0.3, -0.25) is 0 Å². The molecule has 2 rings (SSSR count). The lowest BCUT2D eigenvalue weighted by atomic mass is 10.1. The minimum absolute atomic E-state index is 0.682. The molecule has 0 aromatic carbocycles. The predicted octanol–water partition coefficient (Wildman–Crippen LogP) is 5.94. The first-order valence-electron chi connectivity index (χ1n) is 9.77. The fraction of sp³-hybridized carbons (Fsp3) is 0.900. The van der Waals surface area contributed by atoms with E-state index < -0.39 is 0 Å². The second-order valence-electron chi connectivity index (χ2n) is 6.05. The minimum atomic E-state index is 0.682. The van der Waals surface area contributed by atoms with Crippen LogP contribution in [0.1, 0.15) is 87.5 Å². The maximum absolute atomic E-state index is 2.56. The van der Waals surface area contributed by atoms with E-state index in [4.69, 9.17) is 0 Å². The van der Waals surface area contributed by atoms with Gasteiger partial charge in [0.1, 0.15) is 0 Å². The average molecular weight is 313 g/mol. The second kappa shape index (κ2) is 16.9. The van der Waals surface area contributed by atoms with Gasteiger partial charge < -0.3 is 9.80 Å². The first kappa shape index (κ1) is 23.8. The molecule has 0 spiro atoms. The molecule has 0 saturated carbocycles. The Bertz CT molecular complexity index is 228. The molecule has 2 heterocycles. The Kier molecular flexibility index (Phi) is 18.2. The van der Waals surface area contributed by atoms with Crippen LogP contribution in [0.5, 0.6) is 0 Å². The van der Waals surface area contributed by atoms with Crippen molar-refractivity contribution in [1.29, 1.82) is 0 Å². The highest BCUT2D eigenvalue weighted by Crippen LogP contribution is 2.11. The topological polar surface area (TPSA) is 6.48 Å². The maximum atomic E-state index is 2.56. The van der Waals surface area contributed by atoms with E-state index in [1.807, 2.05) is 27.7 Å². The molecule has 0 aromatic rings. The second-order valence-corrected chi connectivity index (χ2v) is 6.05.